The van der Waals surface area contributed by atoms with E-state index in [2.05, 4.69) is 51.2 Å². The highest BCUT2D eigenvalue weighted by molar-refractivity contribution is 5.91. The minimum atomic E-state index is 0.0670. The Bertz CT molecular complexity index is 496. The molecule has 1 N–H and O–H groups in total. The largest absolute Gasteiger partial charge is 0.322 e. The highest BCUT2D eigenvalue weighted by Gasteiger charge is 2.29. The molecule has 1 aromatic rings. The van der Waals surface area contributed by atoms with E-state index in [9.17, 15) is 4.79 Å². The Morgan fingerprint density at radius 3 is 2.81 bits per heavy atom. The van der Waals surface area contributed by atoms with Gasteiger partial charge in [-0.1, -0.05) is 39.0 Å². The van der Waals surface area contributed by atoms with Crippen molar-refractivity contribution in [3.63, 3.8) is 0 Å². The number of carbonyl (C=O) groups is 1. The van der Waals surface area contributed by atoms with Crippen molar-refractivity contribution in [3.05, 3.63) is 29.3 Å². The quantitative estimate of drug-likeness (QED) is 0.866. The van der Waals surface area contributed by atoms with E-state index < -0.39 is 0 Å². The lowest BCUT2D eigenvalue weighted by atomic mass is 9.93. The van der Waals surface area contributed by atoms with Gasteiger partial charge < -0.3 is 10.2 Å². The van der Waals surface area contributed by atoms with Crippen LogP contribution in [0.15, 0.2) is 18.2 Å². The molecule has 3 nitrogen and oxygen atoms in total. The lowest BCUT2D eigenvalue weighted by molar-refractivity contribution is 0.138. The normalized spacial score (nSPS) is 18.9. The number of nitrogens with one attached hydrogen (secondary N) is 1. The number of hydrogen-bond acceptors (Lipinski definition) is 1. The molecular weight excluding hydrogens is 260 g/mol. The molecule has 1 unspecified atom stereocenters. The molecule has 1 heterocycles. The summed E-state index contributed by atoms with van der Waals surface area (Å²) in [5.74, 6) is 0.513. The number of benzene rings is 1. The number of piperidine rings is 1. The van der Waals surface area contributed by atoms with Gasteiger partial charge in [0.2, 0.25) is 0 Å². The number of nitrogens with zero attached hydrogens (tertiary/aromatic N) is 1. The third kappa shape index (κ3) is 3.58. The summed E-state index contributed by atoms with van der Waals surface area (Å²) in [5, 5.41) is 3.17. The van der Waals surface area contributed by atoms with Gasteiger partial charge in [-0.15, -0.1) is 0 Å². The Labute approximate surface area is 128 Å². The third-order valence-corrected chi connectivity index (χ3v) is 4.55. The molecule has 1 aromatic carbocycles. The SMILES string of the molecule is CCc1cccc(C)c1NC(=O)N1CCCCC1C(C)C. The van der Waals surface area contributed by atoms with Gasteiger partial charge in [0, 0.05) is 18.3 Å². The molecule has 1 aliphatic rings. The van der Waals surface area contributed by atoms with E-state index in [1.165, 1.54) is 12.0 Å². The summed E-state index contributed by atoms with van der Waals surface area (Å²) in [7, 11) is 0. The van der Waals surface area contributed by atoms with Crippen LogP contribution in [0.5, 0.6) is 0 Å². The van der Waals surface area contributed by atoms with Crippen LogP contribution in [0.4, 0.5) is 10.5 Å². The van der Waals surface area contributed by atoms with Crippen molar-refractivity contribution >= 4 is 11.7 Å². The first-order valence-electron chi connectivity index (χ1n) is 8.20. The van der Waals surface area contributed by atoms with Gasteiger partial charge in [0.05, 0.1) is 0 Å². The highest BCUT2D eigenvalue weighted by atomic mass is 16.2. The van der Waals surface area contributed by atoms with Crippen molar-refractivity contribution in [1.29, 1.82) is 0 Å². The van der Waals surface area contributed by atoms with Gasteiger partial charge in [0.1, 0.15) is 0 Å². The Morgan fingerprint density at radius 2 is 2.14 bits per heavy atom. The molecule has 2 rings (SSSR count). The number of rotatable bonds is 3. The second-order valence-corrected chi connectivity index (χ2v) is 6.39. The van der Waals surface area contributed by atoms with Crippen LogP contribution in [0.2, 0.25) is 0 Å². The van der Waals surface area contributed by atoms with Crippen LogP contribution in [-0.2, 0) is 6.42 Å². The van der Waals surface area contributed by atoms with Crippen LogP contribution in [0.3, 0.4) is 0 Å². The fourth-order valence-corrected chi connectivity index (χ4v) is 3.28. The summed E-state index contributed by atoms with van der Waals surface area (Å²) in [6.07, 6.45) is 4.41. The smallest absolute Gasteiger partial charge is 0.321 e. The average molecular weight is 288 g/mol. The fraction of sp³-hybridized carbons (Fsp3) is 0.611. The molecule has 2 amide bonds. The van der Waals surface area contributed by atoms with Crippen LogP contribution in [0, 0.1) is 12.8 Å². The maximum atomic E-state index is 12.7. The van der Waals surface area contributed by atoms with Crippen LogP contribution in [0.25, 0.3) is 0 Å². The lowest BCUT2D eigenvalue weighted by Crippen LogP contribution is -2.48. The monoisotopic (exact) mass is 288 g/mol. The molecule has 1 fully saturated rings. The maximum Gasteiger partial charge on any atom is 0.322 e. The van der Waals surface area contributed by atoms with Gasteiger partial charge in [-0.25, -0.2) is 4.79 Å². The third-order valence-electron chi connectivity index (χ3n) is 4.55. The van der Waals surface area contributed by atoms with E-state index in [1.807, 2.05) is 4.90 Å². The van der Waals surface area contributed by atoms with Crippen molar-refractivity contribution in [1.82, 2.24) is 4.90 Å². The van der Waals surface area contributed by atoms with Crippen molar-refractivity contribution in [3.8, 4) is 0 Å². The Balaban J connectivity index is 2.17. The summed E-state index contributed by atoms with van der Waals surface area (Å²) in [4.78, 5) is 14.8. The average Bonchev–Trinajstić information content (AvgIpc) is 2.49. The molecule has 0 saturated carbocycles. The predicted molar refractivity (Wildman–Crippen MR) is 88.8 cm³/mol. The van der Waals surface area contributed by atoms with Crippen molar-refractivity contribution in [2.45, 2.75) is 59.4 Å². The van der Waals surface area contributed by atoms with Gasteiger partial charge in [0.15, 0.2) is 0 Å². The molecule has 0 aromatic heterocycles. The van der Waals surface area contributed by atoms with E-state index >= 15 is 0 Å². The van der Waals surface area contributed by atoms with Crippen LogP contribution in [0.1, 0.15) is 51.2 Å². The number of anilines is 1. The molecule has 116 valence electrons. The van der Waals surface area contributed by atoms with E-state index in [1.54, 1.807) is 0 Å². The number of likely N-dealkylation sites (tertiary alicyclic amines) is 1. The Hall–Kier alpha value is -1.51. The molecule has 0 spiro atoms. The Morgan fingerprint density at radius 1 is 1.38 bits per heavy atom. The number of aryl methyl sites for hydroxylation is 2. The molecule has 0 radical (unpaired) electrons. The first-order valence-corrected chi connectivity index (χ1v) is 8.20. The molecule has 21 heavy (non-hydrogen) atoms. The van der Waals surface area contributed by atoms with Gasteiger partial charge in [-0.05, 0) is 49.7 Å². The van der Waals surface area contributed by atoms with Gasteiger partial charge in [-0.3, -0.25) is 0 Å². The van der Waals surface area contributed by atoms with E-state index in [0.717, 1.165) is 37.1 Å². The van der Waals surface area contributed by atoms with Crippen LogP contribution in [-0.4, -0.2) is 23.5 Å². The second kappa shape index (κ2) is 6.97. The van der Waals surface area contributed by atoms with Gasteiger partial charge >= 0.3 is 6.03 Å². The minimum absolute atomic E-state index is 0.0670. The zero-order valence-electron chi connectivity index (χ0n) is 13.8. The predicted octanol–water partition coefficient (Wildman–Crippen LogP) is 4.60. The number of carbonyl (C=O) groups excluding carboxylic acids is 1. The number of hydrogen-bond donors (Lipinski definition) is 1. The molecule has 1 saturated heterocycles. The summed E-state index contributed by atoms with van der Waals surface area (Å²) in [6.45, 7) is 9.48. The zero-order valence-corrected chi connectivity index (χ0v) is 13.8. The van der Waals surface area contributed by atoms with Crippen molar-refractivity contribution in [2.24, 2.45) is 5.92 Å². The summed E-state index contributed by atoms with van der Waals surface area (Å²) in [6, 6.07) is 6.65. The summed E-state index contributed by atoms with van der Waals surface area (Å²) >= 11 is 0. The summed E-state index contributed by atoms with van der Waals surface area (Å²) < 4.78 is 0. The topological polar surface area (TPSA) is 32.3 Å². The molecule has 3 heteroatoms. The van der Waals surface area contributed by atoms with Crippen molar-refractivity contribution < 1.29 is 4.79 Å². The first kappa shape index (κ1) is 15.9. The summed E-state index contributed by atoms with van der Waals surface area (Å²) in [5.41, 5.74) is 3.35. The Kier molecular flexibility index (Phi) is 5.27. The molecule has 1 atom stereocenters. The van der Waals surface area contributed by atoms with Crippen LogP contribution < -0.4 is 5.32 Å². The van der Waals surface area contributed by atoms with Crippen LogP contribution >= 0.6 is 0 Å². The van der Waals surface area contributed by atoms with E-state index in [0.29, 0.717) is 12.0 Å². The van der Waals surface area contributed by atoms with Gasteiger partial charge in [0.25, 0.3) is 0 Å². The zero-order chi connectivity index (χ0) is 15.4. The maximum absolute atomic E-state index is 12.7. The second-order valence-electron chi connectivity index (χ2n) is 6.39. The standard InChI is InChI=1S/C18H28N2O/c1-5-15-10-8-9-14(4)17(15)19-18(21)20-12-7-6-11-16(20)13(2)3/h8-10,13,16H,5-7,11-12H2,1-4H3,(H,19,21). The highest BCUT2D eigenvalue weighted by Crippen LogP contribution is 2.26. The van der Waals surface area contributed by atoms with Crippen molar-refractivity contribution in [2.75, 3.05) is 11.9 Å². The molecule has 0 bridgehead atoms. The minimum Gasteiger partial charge on any atom is -0.321 e. The number of urea groups is 1. The van der Waals surface area contributed by atoms with Gasteiger partial charge in [-0.2, -0.15) is 0 Å². The molecule has 0 aliphatic carbocycles. The van der Waals surface area contributed by atoms with E-state index in [-0.39, 0.29) is 6.03 Å². The lowest BCUT2D eigenvalue weighted by Gasteiger charge is -2.38. The fourth-order valence-electron chi connectivity index (χ4n) is 3.28. The number of para-hydroxylation sites is 1. The van der Waals surface area contributed by atoms with E-state index in [4.69, 9.17) is 0 Å². The molecular formula is C18H28N2O. The molecule has 1 aliphatic heterocycles. The first-order chi connectivity index (χ1) is 10.0. The number of amides is 2.